The molecule has 88 valence electrons. The highest BCUT2D eigenvalue weighted by atomic mass is 15.2. The lowest BCUT2D eigenvalue weighted by Gasteiger charge is -2.33. The fourth-order valence-electron chi connectivity index (χ4n) is 2.17. The molecule has 1 fully saturated rings. The van der Waals surface area contributed by atoms with Gasteiger partial charge in [0, 0.05) is 25.3 Å². The van der Waals surface area contributed by atoms with Crippen LogP contribution in [0.15, 0.2) is 18.6 Å². The Morgan fingerprint density at radius 3 is 3.25 bits per heavy atom. The minimum atomic E-state index is 0.615. The van der Waals surface area contributed by atoms with Crippen molar-refractivity contribution in [2.45, 2.75) is 32.2 Å². The Kier molecular flexibility index (Phi) is 4.10. The quantitative estimate of drug-likeness (QED) is 0.833. The minimum Gasteiger partial charge on any atom is -0.355 e. The zero-order chi connectivity index (χ0) is 11.2. The molecule has 4 nitrogen and oxygen atoms in total. The van der Waals surface area contributed by atoms with Crippen LogP contribution in [0.4, 0.5) is 5.82 Å². The molecule has 1 saturated heterocycles. The van der Waals surface area contributed by atoms with Gasteiger partial charge in [0.05, 0.1) is 0 Å². The highest BCUT2D eigenvalue weighted by Gasteiger charge is 2.19. The smallest absolute Gasteiger partial charge is 0.131 e. The molecule has 16 heavy (non-hydrogen) atoms. The van der Waals surface area contributed by atoms with E-state index in [1.807, 2.05) is 12.3 Å². The van der Waals surface area contributed by atoms with E-state index >= 15 is 0 Å². The van der Waals surface area contributed by atoms with E-state index in [-0.39, 0.29) is 0 Å². The summed E-state index contributed by atoms with van der Waals surface area (Å²) in [4.78, 5) is 10.6. The Morgan fingerprint density at radius 1 is 1.56 bits per heavy atom. The standard InChI is InChI=1S/C12H20N4/c1-2-6-14-11-4-3-8-16(9-11)12-5-7-13-10-15-12/h5,7,10-11,14H,2-4,6,8-9H2,1H3. The largest absolute Gasteiger partial charge is 0.355 e. The lowest BCUT2D eigenvalue weighted by atomic mass is 10.1. The normalized spacial score (nSPS) is 21.1. The van der Waals surface area contributed by atoms with Crippen molar-refractivity contribution in [3.63, 3.8) is 0 Å². The maximum atomic E-state index is 4.30. The fraction of sp³-hybridized carbons (Fsp3) is 0.667. The van der Waals surface area contributed by atoms with Gasteiger partial charge in [-0.1, -0.05) is 6.92 Å². The van der Waals surface area contributed by atoms with E-state index in [1.54, 1.807) is 6.33 Å². The van der Waals surface area contributed by atoms with E-state index in [9.17, 15) is 0 Å². The van der Waals surface area contributed by atoms with Crippen LogP contribution in [0.1, 0.15) is 26.2 Å². The maximum absolute atomic E-state index is 4.30. The Morgan fingerprint density at radius 2 is 2.50 bits per heavy atom. The van der Waals surface area contributed by atoms with Crippen LogP contribution in [-0.4, -0.2) is 35.6 Å². The summed E-state index contributed by atoms with van der Waals surface area (Å²) in [7, 11) is 0. The zero-order valence-electron chi connectivity index (χ0n) is 9.89. The molecule has 1 aliphatic rings. The summed E-state index contributed by atoms with van der Waals surface area (Å²) in [6.45, 7) is 5.50. The summed E-state index contributed by atoms with van der Waals surface area (Å²) in [5.74, 6) is 1.05. The molecule has 0 aliphatic carbocycles. The average molecular weight is 220 g/mol. The van der Waals surface area contributed by atoms with E-state index in [0.717, 1.165) is 25.5 Å². The molecule has 2 rings (SSSR count). The van der Waals surface area contributed by atoms with Gasteiger partial charge in [-0.15, -0.1) is 0 Å². The minimum absolute atomic E-state index is 0.615. The molecule has 0 saturated carbocycles. The zero-order valence-corrected chi connectivity index (χ0v) is 9.89. The molecule has 0 aromatic carbocycles. The highest BCUT2D eigenvalue weighted by Crippen LogP contribution is 2.16. The van der Waals surface area contributed by atoms with Crippen LogP contribution in [0.5, 0.6) is 0 Å². The van der Waals surface area contributed by atoms with Gasteiger partial charge in [0.25, 0.3) is 0 Å². The third kappa shape index (κ3) is 2.92. The number of piperidine rings is 1. The molecule has 2 heterocycles. The molecule has 1 atom stereocenters. The number of hydrogen-bond acceptors (Lipinski definition) is 4. The van der Waals surface area contributed by atoms with E-state index in [1.165, 1.54) is 19.3 Å². The van der Waals surface area contributed by atoms with Crippen LogP contribution in [-0.2, 0) is 0 Å². The van der Waals surface area contributed by atoms with Crippen LogP contribution in [0.3, 0.4) is 0 Å². The van der Waals surface area contributed by atoms with Gasteiger partial charge in [-0.2, -0.15) is 0 Å². The summed E-state index contributed by atoms with van der Waals surface area (Å²) < 4.78 is 0. The number of aromatic nitrogens is 2. The van der Waals surface area contributed by atoms with Gasteiger partial charge in [-0.05, 0) is 31.9 Å². The van der Waals surface area contributed by atoms with Crippen molar-refractivity contribution in [2.75, 3.05) is 24.5 Å². The molecule has 1 aromatic heterocycles. The van der Waals surface area contributed by atoms with Gasteiger partial charge in [0.15, 0.2) is 0 Å². The van der Waals surface area contributed by atoms with Gasteiger partial charge >= 0.3 is 0 Å². The van der Waals surface area contributed by atoms with E-state index in [2.05, 4.69) is 27.1 Å². The van der Waals surface area contributed by atoms with Crippen molar-refractivity contribution in [3.05, 3.63) is 18.6 Å². The number of rotatable bonds is 4. The molecule has 0 radical (unpaired) electrons. The monoisotopic (exact) mass is 220 g/mol. The van der Waals surface area contributed by atoms with E-state index < -0.39 is 0 Å². The molecular weight excluding hydrogens is 200 g/mol. The van der Waals surface area contributed by atoms with Gasteiger partial charge in [0.1, 0.15) is 12.1 Å². The first kappa shape index (κ1) is 11.3. The SMILES string of the molecule is CCCNC1CCCN(c2ccncn2)C1. The van der Waals surface area contributed by atoms with Gasteiger partial charge in [-0.3, -0.25) is 0 Å². The molecule has 0 bridgehead atoms. The second-order valence-corrected chi connectivity index (χ2v) is 4.31. The van der Waals surface area contributed by atoms with Gasteiger partial charge < -0.3 is 10.2 Å². The second kappa shape index (κ2) is 5.80. The predicted octanol–water partition coefficient (Wildman–Crippen LogP) is 1.44. The lowest BCUT2D eigenvalue weighted by molar-refractivity contribution is 0.421. The molecule has 1 N–H and O–H groups in total. The summed E-state index contributed by atoms with van der Waals surface area (Å²) >= 11 is 0. The summed E-state index contributed by atoms with van der Waals surface area (Å²) in [5.41, 5.74) is 0. The van der Waals surface area contributed by atoms with Crippen LogP contribution in [0.25, 0.3) is 0 Å². The van der Waals surface area contributed by atoms with Crippen molar-refractivity contribution in [3.8, 4) is 0 Å². The molecule has 4 heteroatoms. The number of anilines is 1. The van der Waals surface area contributed by atoms with E-state index in [4.69, 9.17) is 0 Å². The predicted molar refractivity (Wildman–Crippen MR) is 65.6 cm³/mol. The van der Waals surface area contributed by atoms with Crippen molar-refractivity contribution < 1.29 is 0 Å². The van der Waals surface area contributed by atoms with Crippen molar-refractivity contribution in [1.29, 1.82) is 0 Å². The molecule has 0 spiro atoms. The number of nitrogens with zero attached hydrogens (tertiary/aromatic N) is 3. The molecule has 1 aromatic rings. The topological polar surface area (TPSA) is 41.0 Å². The Hall–Kier alpha value is -1.16. The van der Waals surface area contributed by atoms with Crippen molar-refractivity contribution >= 4 is 5.82 Å². The first-order valence-corrected chi connectivity index (χ1v) is 6.14. The lowest BCUT2D eigenvalue weighted by Crippen LogP contribution is -2.46. The second-order valence-electron chi connectivity index (χ2n) is 4.31. The highest BCUT2D eigenvalue weighted by molar-refractivity contribution is 5.37. The Labute approximate surface area is 97.1 Å². The summed E-state index contributed by atoms with van der Waals surface area (Å²) in [5, 5.41) is 3.59. The molecule has 1 unspecified atom stereocenters. The average Bonchev–Trinajstić information content (AvgIpc) is 2.38. The molecule has 1 aliphatic heterocycles. The van der Waals surface area contributed by atoms with Crippen molar-refractivity contribution in [1.82, 2.24) is 15.3 Å². The van der Waals surface area contributed by atoms with Gasteiger partial charge in [-0.25, -0.2) is 9.97 Å². The van der Waals surface area contributed by atoms with Crippen LogP contribution in [0, 0.1) is 0 Å². The number of nitrogens with one attached hydrogen (secondary N) is 1. The summed E-state index contributed by atoms with van der Waals surface area (Å²) in [6, 6.07) is 2.60. The summed E-state index contributed by atoms with van der Waals surface area (Å²) in [6.07, 6.45) is 7.15. The number of hydrogen-bond donors (Lipinski definition) is 1. The van der Waals surface area contributed by atoms with Crippen LogP contribution < -0.4 is 10.2 Å². The fourth-order valence-corrected chi connectivity index (χ4v) is 2.17. The van der Waals surface area contributed by atoms with Crippen molar-refractivity contribution in [2.24, 2.45) is 0 Å². The van der Waals surface area contributed by atoms with Crippen LogP contribution in [0.2, 0.25) is 0 Å². The van der Waals surface area contributed by atoms with E-state index in [0.29, 0.717) is 6.04 Å². The third-order valence-electron chi connectivity index (χ3n) is 2.99. The molecule has 0 amide bonds. The Bertz CT molecular complexity index is 301. The molecular formula is C12H20N4. The first-order chi connectivity index (χ1) is 7.90. The van der Waals surface area contributed by atoms with Crippen LogP contribution >= 0.6 is 0 Å². The first-order valence-electron chi connectivity index (χ1n) is 6.14. The Balaban J connectivity index is 1.91. The maximum Gasteiger partial charge on any atom is 0.131 e. The third-order valence-corrected chi connectivity index (χ3v) is 2.99. The van der Waals surface area contributed by atoms with Gasteiger partial charge in [0.2, 0.25) is 0 Å².